The van der Waals surface area contributed by atoms with E-state index in [9.17, 15) is 4.79 Å². The number of alkyl carbamates (subject to hydrolysis) is 1. The van der Waals surface area contributed by atoms with E-state index in [1.54, 1.807) is 0 Å². The zero-order chi connectivity index (χ0) is 16.2. The van der Waals surface area contributed by atoms with Crippen molar-refractivity contribution in [1.82, 2.24) is 10.6 Å². The van der Waals surface area contributed by atoms with E-state index >= 15 is 0 Å². The summed E-state index contributed by atoms with van der Waals surface area (Å²) in [6.07, 6.45) is 5.15. The monoisotopic (exact) mass is 312 g/mol. The molecule has 5 heteroatoms. The van der Waals surface area contributed by atoms with Crippen molar-refractivity contribution in [2.75, 3.05) is 13.2 Å². The van der Waals surface area contributed by atoms with Crippen molar-refractivity contribution < 1.29 is 14.3 Å². The molecule has 0 radical (unpaired) electrons. The van der Waals surface area contributed by atoms with Crippen molar-refractivity contribution in [2.45, 2.75) is 83.5 Å². The third kappa shape index (κ3) is 5.76. The smallest absolute Gasteiger partial charge is 0.407 e. The molecular formula is C17H32N2O3. The molecule has 22 heavy (non-hydrogen) atoms. The zero-order valence-corrected chi connectivity index (χ0v) is 14.5. The third-order valence-electron chi connectivity index (χ3n) is 4.63. The number of nitrogens with one attached hydrogen (secondary N) is 2. The molecular weight excluding hydrogens is 280 g/mol. The van der Waals surface area contributed by atoms with Gasteiger partial charge in [-0.05, 0) is 65.7 Å². The minimum Gasteiger partial charge on any atom is -0.444 e. The minimum absolute atomic E-state index is 0.231. The normalized spacial score (nSPS) is 28.4. The molecule has 128 valence electrons. The van der Waals surface area contributed by atoms with Gasteiger partial charge in [-0.3, -0.25) is 0 Å². The number of carbonyl (C=O) groups excluding carboxylic acids is 1. The van der Waals surface area contributed by atoms with Crippen LogP contribution in [0.15, 0.2) is 0 Å². The van der Waals surface area contributed by atoms with Crippen molar-refractivity contribution in [3.05, 3.63) is 0 Å². The van der Waals surface area contributed by atoms with Gasteiger partial charge in [-0.25, -0.2) is 4.79 Å². The van der Waals surface area contributed by atoms with E-state index in [2.05, 4.69) is 17.6 Å². The molecule has 1 amide bonds. The van der Waals surface area contributed by atoms with E-state index in [1.807, 2.05) is 20.8 Å². The number of rotatable bonds is 4. The molecule has 0 aromatic heterocycles. The lowest BCUT2D eigenvalue weighted by atomic mass is 9.92. The van der Waals surface area contributed by atoms with Crippen LogP contribution in [0, 0.1) is 5.92 Å². The van der Waals surface area contributed by atoms with Crippen molar-refractivity contribution in [1.29, 1.82) is 0 Å². The zero-order valence-electron chi connectivity index (χ0n) is 14.5. The van der Waals surface area contributed by atoms with E-state index in [1.165, 1.54) is 0 Å². The molecule has 2 rings (SSSR count). The molecule has 5 nitrogen and oxygen atoms in total. The first-order valence-electron chi connectivity index (χ1n) is 8.67. The van der Waals surface area contributed by atoms with Gasteiger partial charge in [-0.1, -0.05) is 0 Å². The van der Waals surface area contributed by atoms with Gasteiger partial charge in [0.15, 0.2) is 0 Å². The summed E-state index contributed by atoms with van der Waals surface area (Å²) in [6, 6.07) is 1.25. The van der Waals surface area contributed by atoms with E-state index < -0.39 is 5.60 Å². The highest BCUT2D eigenvalue weighted by atomic mass is 16.6. The van der Waals surface area contributed by atoms with Gasteiger partial charge in [-0.15, -0.1) is 0 Å². The summed E-state index contributed by atoms with van der Waals surface area (Å²) in [6.45, 7) is 9.74. The summed E-state index contributed by atoms with van der Waals surface area (Å²) in [7, 11) is 0. The summed E-state index contributed by atoms with van der Waals surface area (Å²) in [5.74, 6) is 0.714. The van der Waals surface area contributed by atoms with Gasteiger partial charge in [0.25, 0.3) is 0 Å². The summed E-state index contributed by atoms with van der Waals surface area (Å²) >= 11 is 0. The quantitative estimate of drug-likeness (QED) is 0.838. The first-order valence-corrected chi connectivity index (χ1v) is 8.67. The van der Waals surface area contributed by atoms with Crippen LogP contribution in [0.25, 0.3) is 0 Å². The predicted molar refractivity (Wildman–Crippen MR) is 86.9 cm³/mol. The maximum absolute atomic E-state index is 11.8. The van der Waals surface area contributed by atoms with Crippen LogP contribution in [0.1, 0.15) is 59.8 Å². The second-order valence-electron chi connectivity index (χ2n) is 7.76. The Labute approximate surface area is 134 Å². The van der Waals surface area contributed by atoms with E-state index in [-0.39, 0.29) is 12.1 Å². The number of hydrogen-bond donors (Lipinski definition) is 2. The van der Waals surface area contributed by atoms with Crippen LogP contribution < -0.4 is 10.6 Å². The van der Waals surface area contributed by atoms with Crippen molar-refractivity contribution >= 4 is 6.09 Å². The summed E-state index contributed by atoms with van der Waals surface area (Å²) in [5, 5.41) is 6.75. The first kappa shape index (κ1) is 17.5. The van der Waals surface area contributed by atoms with Crippen molar-refractivity contribution in [3.8, 4) is 0 Å². The highest BCUT2D eigenvalue weighted by molar-refractivity contribution is 5.68. The Balaban J connectivity index is 1.69. The average molecular weight is 312 g/mol. The maximum atomic E-state index is 11.8. The Hall–Kier alpha value is -0.810. The number of hydrogen-bond acceptors (Lipinski definition) is 4. The summed E-state index contributed by atoms with van der Waals surface area (Å²) < 4.78 is 10.8. The fourth-order valence-electron chi connectivity index (χ4n) is 3.46. The molecule has 2 N–H and O–H groups in total. The third-order valence-corrected chi connectivity index (χ3v) is 4.63. The highest BCUT2D eigenvalue weighted by Gasteiger charge is 2.30. The molecule has 1 saturated carbocycles. The van der Waals surface area contributed by atoms with E-state index in [4.69, 9.17) is 9.47 Å². The van der Waals surface area contributed by atoms with E-state index in [0.717, 1.165) is 45.3 Å². The van der Waals surface area contributed by atoms with Crippen molar-refractivity contribution in [2.24, 2.45) is 5.92 Å². The topological polar surface area (TPSA) is 59.6 Å². The predicted octanol–water partition coefficient (Wildman–Crippen LogP) is 2.84. The molecule has 3 atom stereocenters. The standard InChI is InChI=1S/C17H32N2O3/c1-12(13-7-9-21-10-8-13)18-14-5-6-15(11-14)19-16(20)22-17(2,3)4/h12-15,18H,5-11H2,1-4H3,(H,19,20). The minimum atomic E-state index is -0.433. The van der Waals surface area contributed by atoms with Crippen LogP contribution >= 0.6 is 0 Å². The number of amides is 1. The molecule has 2 fully saturated rings. The molecule has 1 saturated heterocycles. The van der Waals surface area contributed by atoms with Crippen LogP contribution in [0.4, 0.5) is 4.79 Å². The van der Waals surface area contributed by atoms with Gasteiger partial charge in [0.2, 0.25) is 0 Å². The van der Waals surface area contributed by atoms with Crippen LogP contribution in [0.2, 0.25) is 0 Å². The fourth-order valence-corrected chi connectivity index (χ4v) is 3.46. The van der Waals surface area contributed by atoms with Crippen molar-refractivity contribution in [3.63, 3.8) is 0 Å². The summed E-state index contributed by atoms with van der Waals surface area (Å²) in [4.78, 5) is 11.8. The molecule has 0 spiro atoms. The van der Waals surface area contributed by atoms with Gasteiger partial charge >= 0.3 is 6.09 Å². The largest absolute Gasteiger partial charge is 0.444 e. The Morgan fingerprint density at radius 3 is 2.41 bits per heavy atom. The van der Waals surface area contributed by atoms with Gasteiger partial charge in [0, 0.05) is 31.3 Å². The number of carbonyl (C=O) groups is 1. The second-order valence-corrected chi connectivity index (χ2v) is 7.76. The van der Waals surface area contributed by atoms with E-state index in [0.29, 0.717) is 18.0 Å². The van der Waals surface area contributed by atoms with Gasteiger partial charge in [0.1, 0.15) is 5.60 Å². The Kier molecular flexibility index (Phi) is 6.09. The Morgan fingerprint density at radius 1 is 1.14 bits per heavy atom. The molecule has 0 aromatic carbocycles. The molecule has 0 aromatic rings. The maximum Gasteiger partial charge on any atom is 0.407 e. The van der Waals surface area contributed by atoms with Crippen LogP contribution in [0.5, 0.6) is 0 Å². The lowest BCUT2D eigenvalue weighted by Gasteiger charge is -2.30. The van der Waals surface area contributed by atoms with Gasteiger partial charge in [-0.2, -0.15) is 0 Å². The highest BCUT2D eigenvalue weighted by Crippen LogP contribution is 2.24. The number of ether oxygens (including phenoxy) is 2. The molecule has 0 bridgehead atoms. The van der Waals surface area contributed by atoms with Gasteiger partial charge < -0.3 is 20.1 Å². The molecule has 1 aliphatic heterocycles. The molecule has 3 unspecified atom stereocenters. The average Bonchev–Trinajstić information content (AvgIpc) is 2.84. The Bertz CT molecular complexity index is 361. The lowest BCUT2D eigenvalue weighted by molar-refractivity contribution is 0.0501. The SMILES string of the molecule is CC(NC1CCC(NC(=O)OC(C)(C)C)C1)C1CCOCC1. The van der Waals surface area contributed by atoms with Crippen LogP contribution in [0.3, 0.4) is 0 Å². The first-order chi connectivity index (χ1) is 10.3. The Morgan fingerprint density at radius 2 is 1.77 bits per heavy atom. The summed E-state index contributed by atoms with van der Waals surface area (Å²) in [5.41, 5.74) is -0.433. The van der Waals surface area contributed by atoms with Crippen LogP contribution in [-0.2, 0) is 9.47 Å². The second kappa shape index (κ2) is 7.64. The van der Waals surface area contributed by atoms with Crippen LogP contribution in [-0.4, -0.2) is 43.0 Å². The lowest BCUT2D eigenvalue weighted by Crippen LogP contribution is -2.43. The fraction of sp³-hybridized carbons (Fsp3) is 0.941. The molecule has 1 aliphatic carbocycles. The molecule has 2 aliphatic rings. The molecule has 1 heterocycles. The van der Waals surface area contributed by atoms with Gasteiger partial charge in [0.05, 0.1) is 0 Å².